The smallest absolute Gasteiger partial charge is 0.268 e. The van der Waals surface area contributed by atoms with E-state index in [2.05, 4.69) is 34.3 Å². The van der Waals surface area contributed by atoms with Crippen molar-refractivity contribution in [2.45, 2.75) is 25.5 Å². The Hall–Kier alpha value is -4.15. The maximum Gasteiger partial charge on any atom is 0.268 e. The number of amides is 3. The summed E-state index contributed by atoms with van der Waals surface area (Å²) in [5, 5.41) is 23.4. The van der Waals surface area contributed by atoms with Gasteiger partial charge in [-0.05, 0) is 60.7 Å². The summed E-state index contributed by atoms with van der Waals surface area (Å²) < 4.78 is 0. The zero-order valence-corrected chi connectivity index (χ0v) is 18.6. The highest BCUT2D eigenvalue weighted by molar-refractivity contribution is 5.97. The standard InChI is InChI=1S/C25H26N4O5/c1-17(30)23(25(33)29-34)28-24(32)21-12-10-19(11-13-21)5-3-2-4-18-6-8-20(9-7-18)16-22(31)27-15-14-26/h6-13,17,23,30,34H,14-16,26H2,1H3,(H,27,31)(H,28,32)(H,29,33)/t17-,23+/m1/s1. The molecule has 0 saturated carbocycles. The molecule has 0 aliphatic heterocycles. The third kappa shape index (κ3) is 8.41. The van der Waals surface area contributed by atoms with Crippen molar-refractivity contribution in [2.24, 2.45) is 5.73 Å². The zero-order chi connectivity index (χ0) is 24.9. The van der Waals surface area contributed by atoms with Crippen LogP contribution in [0.5, 0.6) is 0 Å². The highest BCUT2D eigenvalue weighted by Crippen LogP contribution is 2.06. The molecule has 7 N–H and O–H groups in total. The summed E-state index contributed by atoms with van der Waals surface area (Å²) in [5.74, 6) is 9.68. The predicted molar refractivity (Wildman–Crippen MR) is 125 cm³/mol. The van der Waals surface area contributed by atoms with E-state index in [0.29, 0.717) is 18.7 Å². The van der Waals surface area contributed by atoms with Crippen LogP contribution in [0.4, 0.5) is 0 Å². The van der Waals surface area contributed by atoms with Crippen LogP contribution >= 0.6 is 0 Å². The minimum absolute atomic E-state index is 0.0860. The highest BCUT2D eigenvalue weighted by atomic mass is 16.5. The zero-order valence-electron chi connectivity index (χ0n) is 18.6. The van der Waals surface area contributed by atoms with Crippen LogP contribution in [0.15, 0.2) is 48.5 Å². The van der Waals surface area contributed by atoms with Crippen molar-refractivity contribution in [2.75, 3.05) is 13.1 Å². The number of aliphatic hydroxyl groups is 1. The Balaban J connectivity index is 1.95. The lowest BCUT2D eigenvalue weighted by atomic mass is 10.1. The summed E-state index contributed by atoms with van der Waals surface area (Å²) in [6.45, 7) is 2.16. The molecule has 0 heterocycles. The lowest BCUT2D eigenvalue weighted by Crippen LogP contribution is -2.51. The summed E-state index contributed by atoms with van der Waals surface area (Å²) in [5.41, 5.74) is 9.27. The Bertz CT molecular complexity index is 1120. The van der Waals surface area contributed by atoms with E-state index in [1.54, 1.807) is 12.1 Å². The molecule has 2 rings (SSSR count). The fraction of sp³-hybridized carbons (Fsp3) is 0.240. The Morgan fingerprint density at radius 3 is 2.03 bits per heavy atom. The van der Waals surface area contributed by atoms with Gasteiger partial charge in [-0.3, -0.25) is 19.6 Å². The van der Waals surface area contributed by atoms with Gasteiger partial charge in [-0.25, -0.2) is 5.48 Å². The molecule has 0 spiro atoms. The molecule has 0 unspecified atom stereocenters. The van der Waals surface area contributed by atoms with E-state index >= 15 is 0 Å². The van der Waals surface area contributed by atoms with Crippen LogP contribution in [-0.4, -0.2) is 53.3 Å². The molecule has 176 valence electrons. The van der Waals surface area contributed by atoms with Gasteiger partial charge in [0.1, 0.15) is 6.04 Å². The average Bonchev–Trinajstić information content (AvgIpc) is 2.84. The van der Waals surface area contributed by atoms with Crippen LogP contribution in [0, 0.1) is 23.7 Å². The number of nitrogens with two attached hydrogens (primary N) is 1. The quantitative estimate of drug-likeness (QED) is 0.180. The highest BCUT2D eigenvalue weighted by Gasteiger charge is 2.25. The molecule has 2 aromatic rings. The number of hydroxylamine groups is 1. The fourth-order valence-electron chi connectivity index (χ4n) is 2.78. The van der Waals surface area contributed by atoms with Crippen molar-refractivity contribution >= 4 is 17.7 Å². The van der Waals surface area contributed by atoms with E-state index in [4.69, 9.17) is 10.9 Å². The molecule has 0 saturated heterocycles. The summed E-state index contributed by atoms with van der Waals surface area (Å²) >= 11 is 0. The first-order chi connectivity index (χ1) is 16.3. The molecule has 9 nitrogen and oxygen atoms in total. The molecular formula is C25H26N4O5. The Morgan fingerprint density at radius 1 is 0.971 bits per heavy atom. The SMILES string of the molecule is C[C@@H](O)[C@H](NC(=O)c1ccc(C#CC#Cc2ccc(CC(=O)NCCN)cc2)cc1)C(=O)NO. The normalized spacial score (nSPS) is 11.5. The number of hydrogen-bond donors (Lipinski definition) is 6. The first-order valence-electron chi connectivity index (χ1n) is 10.4. The Morgan fingerprint density at radius 2 is 1.53 bits per heavy atom. The van der Waals surface area contributed by atoms with Crippen molar-refractivity contribution in [1.29, 1.82) is 0 Å². The van der Waals surface area contributed by atoms with E-state index in [0.717, 1.165) is 11.1 Å². The molecule has 9 heteroatoms. The lowest BCUT2D eigenvalue weighted by Gasteiger charge is -2.19. The van der Waals surface area contributed by atoms with E-state index in [1.807, 2.05) is 24.3 Å². The number of carbonyl (C=O) groups is 3. The molecular weight excluding hydrogens is 436 g/mol. The minimum Gasteiger partial charge on any atom is -0.391 e. The molecule has 0 radical (unpaired) electrons. The molecule has 0 aliphatic carbocycles. The summed E-state index contributed by atoms with van der Waals surface area (Å²) in [6, 6.07) is 12.3. The monoisotopic (exact) mass is 462 g/mol. The van der Waals surface area contributed by atoms with E-state index in [-0.39, 0.29) is 17.9 Å². The predicted octanol–water partition coefficient (Wildman–Crippen LogP) is -0.308. The van der Waals surface area contributed by atoms with Crippen LogP contribution in [0.1, 0.15) is 34.0 Å². The van der Waals surface area contributed by atoms with Crippen LogP contribution in [-0.2, 0) is 16.0 Å². The average molecular weight is 463 g/mol. The number of hydrogen-bond acceptors (Lipinski definition) is 6. The third-order valence-corrected chi connectivity index (χ3v) is 4.57. The van der Waals surface area contributed by atoms with Crippen molar-refractivity contribution in [3.63, 3.8) is 0 Å². The first-order valence-corrected chi connectivity index (χ1v) is 10.4. The van der Waals surface area contributed by atoms with Crippen molar-refractivity contribution < 1.29 is 24.7 Å². The number of rotatable bonds is 8. The van der Waals surface area contributed by atoms with Gasteiger partial charge in [-0.1, -0.05) is 24.0 Å². The minimum atomic E-state index is -1.30. The van der Waals surface area contributed by atoms with Crippen molar-refractivity contribution in [3.8, 4) is 23.7 Å². The van der Waals surface area contributed by atoms with Gasteiger partial charge in [0, 0.05) is 29.8 Å². The Kier molecular flexibility index (Phi) is 10.3. The van der Waals surface area contributed by atoms with E-state index in [9.17, 15) is 19.5 Å². The van der Waals surface area contributed by atoms with Crippen molar-refractivity contribution in [3.05, 3.63) is 70.8 Å². The summed E-state index contributed by atoms with van der Waals surface area (Å²) in [7, 11) is 0. The molecule has 34 heavy (non-hydrogen) atoms. The van der Waals surface area contributed by atoms with Crippen LogP contribution in [0.25, 0.3) is 0 Å². The van der Waals surface area contributed by atoms with Gasteiger partial charge in [0.2, 0.25) is 5.91 Å². The molecule has 2 aromatic carbocycles. The van der Waals surface area contributed by atoms with Gasteiger partial charge in [0.25, 0.3) is 11.8 Å². The largest absolute Gasteiger partial charge is 0.391 e. The molecule has 2 atom stereocenters. The maximum atomic E-state index is 12.3. The second kappa shape index (κ2) is 13.4. The maximum absolute atomic E-state index is 12.3. The van der Waals surface area contributed by atoms with Crippen LogP contribution < -0.4 is 21.8 Å². The molecule has 0 bridgehead atoms. The number of benzene rings is 2. The second-order valence-corrected chi connectivity index (χ2v) is 7.26. The van der Waals surface area contributed by atoms with Gasteiger partial charge in [0.05, 0.1) is 12.5 Å². The fourth-order valence-corrected chi connectivity index (χ4v) is 2.78. The van der Waals surface area contributed by atoms with Gasteiger partial charge in [-0.2, -0.15) is 0 Å². The van der Waals surface area contributed by atoms with Gasteiger partial charge in [-0.15, -0.1) is 0 Å². The Labute approximate surface area is 197 Å². The topological polar surface area (TPSA) is 154 Å². The molecule has 0 aromatic heterocycles. The molecule has 0 aliphatic rings. The van der Waals surface area contributed by atoms with Gasteiger partial charge < -0.3 is 21.5 Å². The third-order valence-electron chi connectivity index (χ3n) is 4.57. The van der Waals surface area contributed by atoms with E-state index in [1.165, 1.54) is 24.5 Å². The van der Waals surface area contributed by atoms with Gasteiger partial charge in [0.15, 0.2) is 0 Å². The number of carbonyl (C=O) groups excluding carboxylic acids is 3. The molecule has 3 amide bonds. The summed E-state index contributed by atoms with van der Waals surface area (Å²) in [6.07, 6.45) is -0.924. The first kappa shape index (κ1) is 26.1. The van der Waals surface area contributed by atoms with Crippen LogP contribution in [0.3, 0.4) is 0 Å². The van der Waals surface area contributed by atoms with Crippen molar-refractivity contribution in [1.82, 2.24) is 16.1 Å². The number of nitrogens with one attached hydrogen (secondary N) is 3. The second-order valence-electron chi connectivity index (χ2n) is 7.26. The molecule has 0 fully saturated rings. The van der Waals surface area contributed by atoms with E-state index < -0.39 is 24.0 Å². The number of aliphatic hydroxyl groups excluding tert-OH is 1. The van der Waals surface area contributed by atoms with Gasteiger partial charge >= 0.3 is 0 Å². The lowest BCUT2D eigenvalue weighted by molar-refractivity contribution is -0.133. The van der Waals surface area contributed by atoms with Crippen LogP contribution in [0.2, 0.25) is 0 Å². The summed E-state index contributed by atoms with van der Waals surface area (Å²) in [4.78, 5) is 35.5.